The highest BCUT2D eigenvalue weighted by Crippen LogP contribution is 2.34. The molecule has 0 saturated carbocycles. The first kappa shape index (κ1) is 24.4. The topological polar surface area (TPSA) is 65.6 Å². The van der Waals surface area contributed by atoms with Crippen molar-refractivity contribution in [3.8, 4) is 0 Å². The van der Waals surface area contributed by atoms with Gasteiger partial charge in [-0.3, -0.25) is 9.69 Å². The molecule has 6 nitrogen and oxygen atoms in total. The summed E-state index contributed by atoms with van der Waals surface area (Å²) in [5.41, 5.74) is 3.62. The van der Waals surface area contributed by atoms with Crippen LogP contribution in [-0.2, 0) is 9.53 Å². The summed E-state index contributed by atoms with van der Waals surface area (Å²) >= 11 is 5.74. The molecule has 1 saturated heterocycles. The Kier molecular flexibility index (Phi) is 7.98. The van der Waals surface area contributed by atoms with Crippen molar-refractivity contribution in [3.05, 3.63) is 66.4 Å². The third-order valence-corrected chi connectivity index (χ3v) is 6.48. The van der Waals surface area contributed by atoms with E-state index in [9.17, 15) is 4.79 Å². The van der Waals surface area contributed by atoms with Gasteiger partial charge in [-0.1, -0.05) is 50.3 Å². The number of morpholine rings is 1. The Hall–Kier alpha value is -2.74. The first-order valence-electron chi connectivity index (χ1n) is 11.9. The molecule has 7 heteroatoms. The van der Waals surface area contributed by atoms with Crippen molar-refractivity contribution in [3.63, 3.8) is 0 Å². The molecule has 34 heavy (non-hydrogen) atoms. The first-order chi connectivity index (χ1) is 16.4. The van der Waals surface area contributed by atoms with Crippen LogP contribution in [0.2, 0.25) is 0 Å². The lowest BCUT2D eigenvalue weighted by Crippen LogP contribution is -2.44. The van der Waals surface area contributed by atoms with Crippen LogP contribution in [0.4, 0.5) is 17.1 Å². The molecule has 2 aliphatic rings. The minimum atomic E-state index is -0.449. The lowest BCUT2D eigenvalue weighted by Gasteiger charge is -2.34. The molecular formula is C27H34N4O2S. The summed E-state index contributed by atoms with van der Waals surface area (Å²) in [5.74, 6) is -0.295. The van der Waals surface area contributed by atoms with E-state index in [1.807, 2.05) is 54.6 Å². The van der Waals surface area contributed by atoms with E-state index < -0.39 is 5.92 Å². The van der Waals surface area contributed by atoms with Crippen LogP contribution in [0.5, 0.6) is 0 Å². The third kappa shape index (κ3) is 6.65. The highest BCUT2D eigenvalue weighted by Gasteiger charge is 2.37. The first-order valence-corrected chi connectivity index (χ1v) is 12.3. The number of para-hydroxylation sites is 1. The zero-order chi connectivity index (χ0) is 24.0. The van der Waals surface area contributed by atoms with Crippen molar-refractivity contribution in [1.29, 1.82) is 0 Å². The molecule has 0 amide bonds. The Morgan fingerprint density at radius 1 is 1.03 bits per heavy atom. The highest BCUT2D eigenvalue weighted by atomic mass is 32.1. The van der Waals surface area contributed by atoms with Gasteiger partial charge < -0.3 is 20.7 Å². The lowest BCUT2D eigenvalue weighted by molar-refractivity contribution is -0.122. The van der Waals surface area contributed by atoms with Crippen LogP contribution >= 0.6 is 12.2 Å². The van der Waals surface area contributed by atoms with Gasteiger partial charge in [-0.2, -0.15) is 0 Å². The number of anilines is 3. The molecule has 1 aliphatic heterocycles. The van der Waals surface area contributed by atoms with E-state index in [1.165, 1.54) is 0 Å². The van der Waals surface area contributed by atoms with Crippen LogP contribution in [0.25, 0.3) is 0 Å². The van der Waals surface area contributed by atoms with Gasteiger partial charge in [0.25, 0.3) is 0 Å². The average Bonchev–Trinajstić information content (AvgIpc) is 2.81. The Labute approximate surface area is 207 Å². The minimum absolute atomic E-state index is 0.154. The predicted octanol–water partition coefficient (Wildman–Crippen LogP) is 4.59. The molecule has 1 fully saturated rings. The van der Waals surface area contributed by atoms with Gasteiger partial charge in [0.2, 0.25) is 0 Å². The quantitative estimate of drug-likeness (QED) is 0.480. The van der Waals surface area contributed by atoms with E-state index in [4.69, 9.17) is 17.0 Å². The van der Waals surface area contributed by atoms with Crippen LogP contribution in [0, 0.1) is 11.3 Å². The molecule has 1 aliphatic carbocycles. The van der Waals surface area contributed by atoms with Crippen molar-refractivity contribution in [2.24, 2.45) is 11.3 Å². The van der Waals surface area contributed by atoms with Gasteiger partial charge in [0, 0.05) is 55.4 Å². The number of ether oxygens (including phenoxy) is 1. The van der Waals surface area contributed by atoms with Gasteiger partial charge in [-0.05, 0) is 41.8 Å². The largest absolute Gasteiger partial charge is 0.386 e. The van der Waals surface area contributed by atoms with E-state index in [0.717, 1.165) is 62.2 Å². The van der Waals surface area contributed by atoms with Crippen molar-refractivity contribution in [1.82, 2.24) is 10.2 Å². The van der Waals surface area contributed by atoms with Gasteiger partial charge in [-0.25, -0.2) is 0 Å². The number of hydrogen-bond donors (Lipinski definition) is 3. The average molecular weight is 479 g/mol. The highest BCUT2D eigenvalue weighted by molar-refractivity contribution is 7.80. The van der Waals surface area contributed by atoms with E-state index in [-0.39, 0.29) is 11.2 Å². The van der Waals surface area contributed by atoms with Gasteiger partial charge in [-0.15, -0.1) is 0 Å². The fraction of sp³-hybridized carbons (Fsp3) is 0.407. The number of hydrogen-bond acceptors (Lipinski definition) is 6. The number of allylic oxidation sites excluding steroid dienone is 1. The summed E-state index contributed by atoms with van der Waals surface area (Å²) in [7, 11) is 0. The number of thiocarbonyl (C=S) groups is 1. The van der Waals surface area contributed by atoms with E-state index in [2.05, 4.69) is 40.8 Å². The zero-order valence-electron chi connectivity index (χ0n) is 20.0. The molecule has 3 N–H and O–H groups in total. The summed E-state index contributed by atoms with van der Waals surface area (Å²) in [4.78, 5) is 16.0. The molecule has 0 radical (unpaired) electrons. The van der Waals surface area contributed by atoms with E-state index >= 15 is 0 Å². The molecule has 0 spiro atoms. The maximum absolute atomic E-state index is 13.1. The second kappa shape index (κ2) is 11.1. The molecule has 0 bridgehead atoms. The van der Waals surface area contributed by atoms with E-state index in [1.54, 1.807) is 0 Å². The lowest BCUT2D eigenvalue weighted by atomic mass is 9.76. The second-order valence-corrected chi connectivity index (χ2v) is 10.0. The summed E-state index contributed by atoms with van der Waals surface area (Å²) in [6.45, 7) is 9.34. The van der Waals surface area contributed by atoms with Gasteiger partial charge >= 0.3 is 0 Å². The molecule has 2 aromatic carbocycles. The molecule has 1 atom stereocenters. The maximum atomic E-state index is 13.1. The molecule has 4 rings (SSSR count). The number of rotatable bonds is 8. The normalized spacial score (nSPS) is 20.4. The third-order valence-electron chi connectivity index (χ3n) is 6.15. The van der Waals surface area contributed by atoms with Crippen molar-refractivity contribution >= 4 is 40.1 Å². The van der Waals surface area contributed by atoms with Crippen LogP contribution in [0.15, 0.2) is 66.4 Å². The summed E-state index contributed by atoms with van der Waals surface area (Å²) < 4.78 is 5.43. The second-order valence-electron chi connectivity index (χ2n) is 9.60. The van der Waals surface area contributed by atoms with Crippen LogP contribution in [-0.4, -0.2) is 55.1 Å². The monoisotopic (exact) mass is 478 g/mol. The maximum Gasteiger partial charge on any atom is 0.149 e. The van der Waals surface area contributed by atoms with Crippen molar-refractivity contribution in [2.75, 3.05) is 50.0 Å². The number of carbonyl (C=O) groups is 1. The van der Waals surface area contributed by atoms with Crippen molar-refractivity contribution in [2.45, 2.75) is 20.3 Å². The van der Waals surface area contributed by atoms with Gasteiger partial charge in [0.1, 0.15) is 11.7 Å². The number of nitrogens with one attached hydrogen (secondary N) is 3. The molecule has 180 valence electrons. The number of carbonyl (C=O) groups excluding carboxylic acids is 1. The molecule has 0 aromatic heterocycles. The smallest absolute Gasteiger partial charge is 0.149 e. The summed E-state index contributed by atoms with van der Waals surface area (Å²) in [6.07, 6.45) is 2.66. The van der Waals surface area contributed by atoms with Gasteiger partial charge in [0.15, 0.2) is 0 Å². The Balaban J connectivity index is 1.39. The van der Waals surface area contributed by atoms with Crippen molar-refractivity contribution < 1.29 is 9.53 Å². The number of benzene rings is 2. The number of ketones is 1. The fourth-order valence-corrected chi connectivity index (χ4v) is 4.82. The predicted molar refractivity (Wildman–Crippen MR) is 143 cm³/mol. The Morgan fingerprint density at radius 2 is 1.68 bits per heavy atom. The zero-order valence-corrected chi connectivity index (χ0v) is 20.8. The fourth-order valence-electron chi connectivity index (χ4n) is 4.44. The van der Waals surface area contributed by atoms with Crippen LogP contribution in [0.3, 0.4) is 0 Å². The number of Topliss-reactive ketones (excluding diaryl/α,β-unsaturated/α-hetero) is 1. The van der Waals surface area contributed by atoms with E-state index in [0.29, 0.717) is 11.4 Å². The van der Waals surface area contributed by atoms with Crippen LogP contribution in [0.1, 0.15) is 20.3 Å². The number of nitrogens with zero attached hydrogens (tertiary/aromatic N) is 1. The Bertz CT molecular complexity index is 1010. The SMILES string of the molecule is CC1(C)C=C(NCCN2CCOCC2)[C@H](C(=S)Nc2ccc(Nc3ccccc3)cc2)C(=O)C1. The molecule has 0 unspecified atom stereocenters. The molecular weight excluding hydrogens is 444 g/mol. The summed E-state index contributed by atoms with van der Waals surface area (Å²) in [6, 6.07) is 18.0. The molecule has 1 heterocycles. The minimum Gasteiger partial charge on any atom is -0.386 e. The summed E-state index contributed by atoms with van der Waals surface area (Å²) in [5, 5.41) is 10.2. The standard InChI is InChI=1S/C27H34N4O2S/c1-27(2)18-23(28-12-13-31-14-16-33-17-15-31)25(24(32)19-27)26(34)30-22-10-8-21(9-11-22)29-20-6-4-3-5-7-20/h3-11,18,25,28-29H,12-17,19H2,1-2H3,(H,30,34)/t25-/m0/s1. The van der Waals surface area contributed by atoms with Gasteiger partial charge in [0.05, 0.1) is 18.2 Å². The molecule has 2 aromatic rings. The Morgan fingerprint density at radius 3 is 2.38 bits per heavy atom. The van der Waals surface area contributed by atoms with Crippen LogP contribution < -0.4 is 16.0 Å².